The lowest BCUT2D eigenvalue weighted by atomic mass is 10.2. The molecule has 0 aliphatic rings. The average molecular weight is 315 g/mol. The number of hydrogen-bond acceptors (Lipinski definition) is 5. The molecule has 22 heavy (non-hydrogen) atoms. The zero-order chi connectivity index (χ0) is 15.5. The summed E-state index contributed by atoms with van der Waals surface area (Å²) in [6, 6.07) is 5.41. The molecule has 0 saturated heterocycles. The monoisotopic (exact) mass is 315 g/mol. The third kappa shape index (κ3) is 2.71. The second kappa shape index (κ2) is 5.98. The van der Waals surface area contributed by atoms with Gasteiger partial charge in [-0.2, -0.15) is 0 Å². The Bertz CT molecular complexity index is 824. The molecule has 7 heteroatoms. The van der Waals surface area contributed by atoms with Gasteiger partial charge < -0.3 is 14.6 Å². The molecule has 2 aromatic heterocycles. The smallest absolute Gasteiger partial charge is 0.246 e. The lowest BCUT2D eigenvalue weighted by molar-refractivity contribution is -0.116. The van der Waals surface area contributed by atoms with Crippen molar-refractivity contribution in [3.8, 4) is 5.75 Å². The fraction of sp³-hybridized carbons (Fsp3) is 0.133. The summed E-state index contributed by atoms with van der Waals surface area (Å²) >= 11 is 1.36. The Hall–Kier alpha value is -2.67. The maximum Gasteiger partial charge on any atom is 0.246 e. The van der Waals surface area contributed by atoms with Crippen molar-refractivity contribution in [1.82, 2.24) is 9.55 Å². The van der Waals surface area contributed by atoms with Gasteiger partial charge in [-0.15, -0.1) is 11.3 Å². The molecule has 0 bridgehead atoms. The van der Waals surface area contributed by atoms with Crippen LogP contribution in [0, 0.1) is 0 Å². The minimum absolute atomic E-state index is 0.107. The van der Waals surface area contributed by atoms with Crippen LogP contribution < -0.4 is 10.1 Å². The van der Waals surface area contributed by atoms with Gasteiger partial charge >= 0.3 is 0 Å². The number of aromatic nitrogens is 2. The lowest BCUT2D eigenvalue weighted by Crippen LogP contribution is -2.18. The maximum atomic E-state index is 12.1. The number of benzene rings is 1. The first-order chi connectivity index (χ1) is 10.7. The normalized spacial score (nSPS) is 10.6. The number of hydrogen-bond donors (Lipinski definition) is 1. The zero-order valence-electron chi connectivity index (χ0n) is 11.8. The van der Waals surface area contributed by atoms with Crippen molar-refractivity contribution in [2.75, 3.05) is 12.4 Å². The van der Waals surface area contributed by atoms with Crippen molar-refractivity contribution < 1.29 is 14.3 Å². The molecule has 3 aromatic rings. The Kier molecular flexibility index (Phi) is 3.88. The first-order valence-corrected chi connectivity index (χ1v) is 7.40. The van der Waals surface area contributed by atoms with Crippen molar-refractivity contribution >= 4 is 39.6 Å². The van der Waals surface area contributed by atoms with Crippen LogP contribution in [-0.4, -0.2) is 28.9 Å². The van der Waals surface area contributed by atoms with Crippen LogP contribution in [0.1, 0.15) is 10.4 Å². The second-order valence-corrected chi connectivity index (χ2v) is 5.49. The summed E-state index contributed by atoms with van der Waals surface area (Å²) in [7, 11) is 1.57. The highest BCUT2D eigenvalue weighted by Crippen LogP contribution is 2.25. The topological polar surface area (TPSA) is 73.2 Å². The number of amides is 1. The number of nitrogens with one attached hydrogen (secondary N) is 1. The molecule has 3 rings (SSSR count). The van der Waals surface area contributed by atoms with Gasteiger partial charge in [-0.05, 0) is 18.2 Å². The molecule has 0 radical (unpaired) electrons. The van der Waals surface area contributed by atoms with Gasteiger partial charge in [0.15, 0.2) is 11.4 Å². The number of aldehydes is 1. The van der Waals surface area contributed by atoms with Crippen molar-refractivity contribution in [3.05, 3.63) is 41.5 Å². The van der Waals surface area contributed by atoms with Gasteiger partial charge in [0.25, 0.3) is 0 Å². The average Bonchev–Trinajstić information content (AvgIpc) is 3.14. The van der Waals surface area contributed by atoms with Gasteiger partial charge in [0, 0.05) is 34.2 Å². The first kappa shape index (κ1) is 14.3. The predicted octanol–water partition coefficient (Wildman–Crippen LogP) is 2.56. The Morgan fingerprint density at radius 3 is 3.05 bits per heavy atom. The minimum Gasteiger partial charge on any atom is -0.497 e. The molecular weight excluding hydrogens is 302 g/mol. The van der Waals surface area contributed by atoms with Crippen LogP contribution >= 0.6 is 11.3 Å². The van der Waals surface area contributed by atoms with E-state index in [1.54, 1.807) is 41.6 Å². The van der Waals surface area contributed by atoms with Gasteiger partial charge in [0.1, 0.15) is 12.3 Å². The fourth-order valence-electron chi connectivity index (χ4n) is 2.25. The number of rotatable bonds is 5. The molecule has 0 spiro atoms. The van der Waals surface area contributed by atoms with Crippen molar-refractivity contribution in [1.29, 1.82) is 0 Å². The Labute approximate surface area is 130 Å². The number of fused-ring (bicyclic) bond motifs is 1. The standard InChI is InChI=1S/C15H13N3O3S/c1-21-11-2-3-13-12(6-11)10(9-19)7-18(13)8-14(20)17-15-16-4-5-22-15/h2-7,9H,8H2,1H3,(H,16,17,20). The summed E-state index contributed by atoms with van der Waals surface area (Å²) in [5, 5.41) is 5.82. The molecule has 0 aliphatic heterocycles. The molecule has 112 valence electrons. The van der Waals surface area contributed by atoms with E-state index in [9.17, 15) is 9.59 Å². The number of methoxy groups -OCH3 is 1. The number of nitrogens with zero attached hydrogens (tertiary/aromatic N) is 2. The lowest BCUT2D eigenvalue weighted by Gasteiger charge is -2.06. The van der Waals surface area contributed by atoms with Crippen LogP contribution in [0.15, 0.2) is 36.0 Å². The van der Waals surface area contributed by atoms with E-state index in [1.807, 2.05) is 6.07 Å². The molecule has 2 heterocycles. The van der Waals surface area contributed by atoms with Crippen LogP contribution in [0.4, 0.5) is 5.13 Å². The van der Waals surface area contributed by atoms with E-state index in [0.29, 0.717) is 16.4 Å². The van der Waals surface area contributed by atoms with Crippen LogP contribution in [0.2, 0.25) is 0 Å². The van der Waals surface area contributed by atoms with Crippen molar-refractivity contribution in [3.63, 3.8) is 0 Å². The molecule has 0 fully saturated rings. The van der Waals surface area contributed by atoms with Crippen LogP contribution in [-0.2, 0) is 11.3 Å². The number of ether oxygens (including phenoxy) is 1. The van der Waals surface area contributed by atoms with E-state index >= 15 is 0 Å². The highest BCUT2D eigenvalue weighted by Gasteiger charge is 2.12. The summed E-state index contributed by atoms with van der Waals surface area (Å²) in [5.41, 5.74) is 1.33. The molecule has 0 aliphatic carbocycles. The van der Waals surface area contributed by atoms with Crippen LogP contribution in [0.25, 0.3) is 10.9 Å². The van der Waals surface area contributed by atoms with E-state index in [0.717, 1.165) is 17.2 Å². The Balaban J connectivity index is 1.90. The van der Waals surface area contributed by atoms with Gasteiger partial charge in [-0.3, -0.25) is 9.59 Å². The maximum absolute atomic E-state index is 12.1. The highest BCUT2D eigenvalue weighted by atomic mass is 32.1. The summed E-state index contributed by atoms with van der Waals surface area (Å²) in [5.74, 6) is 0.473. The van der Waals surface area contributed by atoms with Gasteiger partial charge in [-0.1, -0.05) is 0 Å². The molecular formula is C15H13N3O3S. The van der Waals surface area contributed by atoms with Gasteiger partial charge in [0.05, 0.1) is 7.11 Å². The molecule has 6 nitrogen and oxygen atoms in total. The van der Waals surface area contributed by atoms with Gasteiger partial charge in [0.2, 0.25) is 5.91 Å². The molecule has 0 atom stereocenters. The molecule has 1 amide bonds. The fourth-order valence-corrected chi connectivity index (χ4v) is 2.80. The summed E-state index contributed by atoms with van der Waals surface area (Å²) in [4.78, 5) is 27.3. The van der Waals surface area contributed by atoms with E-state index in [4.69, 9.17) is 4.74 Å². The van der Waals surface area contributed by atoms with Crippen molar-refractivity contribution in [2.45, 2.75) is 6.54 Å². The molecule has 0 saturated carbocycles. The number of thiazole rings is 1. The first-order valence-electron chi connectivity index (χ1n) is 6.52. The quantitative estimate of drug-likeness (QED) is 0.734. The zero-order valence-corrected chi connectivity index (χ0v) is 12.6. The summed E-state index contributed by atoms with van der Waals surface area (Å²) in [6.45, 7) is 0.107. The SMILES string of the molecule is COc1ccc2c(c1)c(C=O)cn2CC(=O)Nc1nccs1. The Morgan fingerprint density at radius 2 is 2.36 bits per heavy atom. The Morgan fingerprint density at radius 1 is 1.50 bits per heavy atom. The number of carbonyl (C=O) groups is 2. The number of carbonyl (C=O) groups excluding carboxylic acids is 2. The molecule has 1 aromatic carbocycles. The number of anilines is 1. The predicted molar refractivity (Wildman–Crippen MR) is 84.6 cm³/mol. The summed E-state index contributed by atoms with van der Waals surface area (Å²) < 4.78 is 6.91. The largest absolute Gasteiger partial charge is 0.497 e. The molecule has 0 unspecified atom stereocenters. The van der Waals surface area contributed by atoms with E-state index in [-0.39, 0.29) is 12.5 Å². The van der Waals surface area contributed by atoms with E-state index in [1.165, 1.54) is 11.3 Å². The van der Waals surface area contributed by atoms with Crippen molar-refractivity contribution in [2.24, 2.45) is 0 Å². The third-order valence-electron chi connectivity index (χ3n) is 3.24. The van der Waals surface area contributed by atoms with E-state index in [2.05, 4.69) is 10.3 Å². The summed E-state index contributed by atoms with van der Waals surface area (Å²) in [6.07, 6.45) is 4.07. The third-order valence-corrected chi connectivity index (χ3v) is 3.93. The van der Waals surface area contributed by atoms with Crippen LogP contribution in [0.3, 0.4) is 0 Å². The van der Waals surface area contributed by atoms with Crippen LogP contribution in [0.5, 0.6) is 5.75 Å². The van der Waals surface area contributed by atoms with E-state index < -0.39 is 0 Å². The highest BCUT2D eigenvalue weighted by molar-refractivity contribution is 7.13. The van der Waals surface area contributed by atoms with Gasteiger partial charge in [-0.25, -0.2) is 4.98 Å². The second-order valence-electron chi connectivity index (χ2n) is 4.60. The molecule has 1 N–H and O–H groups in total. The minimum atomic E-state index is -0.194.